The van der Waals surface area contributed by atoms with E-state index in [0.29, 0.717) is 6.54 Å². The number of carbonyl (C=O) groups is 1. The summed E-state index contributed by atoms with van der Waals surface area (Å²) in [7, 11) is 1.75. The van der Waals surface area contributed by atoms with Crippen LogP contribution in [0.4, 0.5) is 0 Å². The van der Waals surface area contributed by atoms with Crippen molar-refractivity contribution in [1.82, 2.24) is 4.90 Å². The molecule has 1 aliphatic rings. The maximum atomic E-state index is 11.5. The Labute approximate surface area is 73.2 Å². The molecule has 0 bridgehead atoms. The molecule has 0 unspecified atom stereocenters. The van der Waals surface area contributed by atoms with Crippen LogP contribution < -0.4 is 0 Å². The monoisotopic (exact) mass is 163 g/mol. The molecular formula is C10H13NO. The minimum atomic E-state index is 0.142. The molecule has 0 aromatic rings. The van der Waals surface area contributed by atoms with Gasteiger partial charge in [-0.15, -0.1) is 6.42 Å². The first-order chi connectivity index (χ1) is 5.75. The molecule has 1 rings (SSSR count). The zero-order valence-corrected chi connectivity index (χ0v) is 7.29. The van der Waals surface area contributed by atoms with Crippen LogP contribution in [0.5, 0.6) is 0 Å². The van der Waals surface area contributed by atoms with Crippen molar-refractivity contribution < 1.29 is 4.79 Å². The Morgan fingerprint density at radius 1 is 1.67 bits per heavy atom. The molecule has 64 valence electrons. The maximum Gasteiger partial charge on any atom is 0.226 e. The molecule has 2 heteroatoms. The maximum absolute atomic E-state index is 11.5. The van der Waals surface area contributed by atoms with E-state index in [1.807, 2.05) is 12.2 Å². The normalized spacial score (nSPS) is 16.0. The number of hydrogen-bond acceptors (Lipinski definition) is 1. The SMILES string of the molecule is C#CCN(C)C(=O)C1CC=CC1. The third-order valence-corrected chi connectivity index (χ3v) is 2.06. The number of hydrogen-bond donors (Lipinski definition) is 0. The van der Waals surface area contributed by atoms with Crippen molar-refractivity contribution in [3.8, 4) is 12.3 Å². The molecule has 12 heavy (non-hydrogen) atoms. The van der Waals surface area contributed by atoms with Crippen molar-refractivity contribution in [2.24, 2.45) is 5.92 Å². The topological polar surface area (TPSA) is 20.3 Å². The second kappa shape index (κ2) is 3.96. The Morgan fingerprint density at radius 2 is 2.25 bits per heavy atom. The van der Waals surface area contributed by atoms with Gasteiger partial charge in [-0.05, 0) is 12.8 Å². The number of terminal acetylenes is 1. The summed E-state index contributed by atoms with van der Waals surface area (Å²) < 4.78 is 0. The van der Waals surface area contributed by atoms with Crippen molar-refractivity contribution in [3.05, 3.63) is 12.2 Å². The fourth-order valence-electron chi connectivity index (χ4n) is 1.35. The molecule has 0 atom stereocenters. The van der Waals surface area contributed by atoms with Crippen molar-refractivity contribution in [2.45, 2.75) is 12.8 Å². The fourth-order valence-corrected chi connectivity index (χ4v) is 1.35. The minimum absolute atomic E-state index is 0.142. The van der Waals surface area contributed by atoms with E-state index in [0.717, 1.165) is 12.8 Å². The standard InChI is InChI=1S/C10H13NO/c1-3-8-11(2)10(12)9-6-4-5-7-9/h1,4-5,9H,6-8H2,2H3. The largest absolute Gasteiger partial charge is 0.334 e. The molecule has 0 radical (unpaired) electrons. The number of carbonyl (C=O) groups excluding carboxylic acids is 1. The first kappa shape index (κ1) is 8.86. The quantitative estimate of drug-likeness (QED) is 0.440. The van der Waals surface area contributed by atoms with Crippen molar-refractivity contribution >= 4 is 5.91 Å². The Hall–Kier alpha value is -1.23. The van der Waals surface area contributed by atoms with E-state index in [1.165, 1.54) is 0 Å². The second-order valence-electron chi connectivity index (χ2n) is 3.04. The summed E-state index contributed by atoms with van der Waals surface area (Å²) >= 11 is 0. The third kappa shape index (κ3) is 1.88. The van der Waals surface area contributed by atoms with Gasteiger partial charge in [0.2, 0.25) is 5.91 Å². The van der Waals surface area contributed by atoms with Crippen molar-refractivity contribution in [3.63, 3.8) is 0 Å². The molecular weight excluding hydrogens is 150 g/mol. The van der Waals surface area contributed by atoms with Gasteiger partial charge in [0.1, 0.15) is 0 Å². The van der Waals surface area contributed by atoms with Crippen LogP contribution in [0.15, 0.2) is 12.2 Å². The molecule has 0 fully saturated rings. The van der Waals surface area contributed by atoms with Crippen molar-refractivity contribution in [1.29, 1.82) is 0 Å². The first-order valence-electron chi connectivity index (χ1n) is 4.09. The molecule has 0 heterocycles. The lowest BCUT2D eigenvalue weighted by atomic mass is 10.1. The lowest BCUT2D eigenvalue weighted by Gasteiger charge is -2.17. The molecule has 0 aromatic heterocycles. The van der Waals surface area contributed by atoms with Gasteiger partial charge < -0.3 is 4.90 Å². The first-order valence-corrected chi connectivity index (χ1v) is 4.09. The van der Waals surface area contributed by atoms with Crippen LogP contribution in [-0.4, -0.2) is 24.4 Å². The van der Waals surface area contributed by atoms with Gasteiger partial charge in [0.05, 0.1) is 6.54 Å². The summed E-state index contributed by atoms with van der Waals surface area (Å²) in [5, 5.41) is 0. The lowest BCUT2D eigenvalue weighted by Crippen LogP contribution is -2.32. The Kier molecular flexibility index (Phi) is 2.93. The molecule has 1 amide bonds. The molecule has 0 saturated carbocycles. The second-order valence-corrected chi connectivity index (χ2v) is 3.04. The van der Waals surface area contributed by atoms with Gasteiger partial charge in [0, 0.05) is 13.0 Å². The van der Waals surface area contributed by atoms with E-state index in [2.05, 4.69) is 5.92 Å². The number of nitrogens with zero attached hydrogens (tertiary/aromatic N) is 1. The van der Waals surface area contributed by atoms with Gasteiger partial charge in [0.15, 0.2) is 0 Å². The van der Waals surface area contributed by atoms with Crippen molar-refractivity contribution in [2.75, 3.05) is 13.6 Å². The molecule has 0 saturated heterocycles. The lowest BCUT2D eigenvalue weighted by molar-refractivity contribution is -0.133. The summed E-state index contributed by atoms with van der Waals surface area (Å²) in [6.45, 7) is 0.412. The minimum Gasteiger partial charge on any atom is -0.334 e. The Bertz CT molecular complexity index is 229. The predicted molar refractivity (Wildman–Crippen MR) is 48.3 cm³/mol. The smallest absolute Gasteiger partial charge is 0.226 e. The average molecular weight is 163 g/mol. The molecule has 0 aliphatic heterocycles. The van der Waals surface area contributed by atoms with E-state index in [-0.39, 0.29) is 11.8 Å². The number of allylic oxidation sites excluding steroid dienone is 2. The van der Waals surface area contributed by atoms with E-state index < -0.39 is 0 Å². The fraction of sp³-hybridized carbons (Fsp3) is 0.500. The zero-order valence-electron chi connectivity index (χ0n) is 7.29. The van der Waals surface area contributed by atoms with Gasteiger partial charge in [-0.2, -0.15) is 0 Å². The van der Waals surface area contributed by atoms with Crippen LogP contribution >= 0.6 is 0 Å². The summed E-state index contributed by atoms with van der Waals surface area (Å²) in [5.41, 5.74) is 0. The van der Waals surface area contributed by atoms with Gasteiger partial charge >= 0.3 is 0 Å². The number of amides is 1. The van der Waals surface area contributed by atoms with E-state index in [9.17, 15) is 4.79 Å². The van der Waals surface area contributed by atoms with Crippen LogP contribution in [0.2, 0.25) is 0 Å². The van der Waals surface area contributed by atoms with Gasteiger partial charge in [-0.1, -0.05) is 18.1 Å². The Morgan fingerprint density at radius 3 is 2.75 bits per heavy atom. The summed E-state index contributed by atoms with van der Waals surface area (Å²) in [4.78, 5) is 13.1. The molecule has 1 aliphatic carbocycles. The highest BCUT2D eigenvalue weighted by atomic mass is 16.2. The van der Waals surface area contributed by atoms with E-state index in [1.54, 1.807) is 11.9 Å². The average Bonchev–Trinajstić information content (AvgIpc) is 2.55. The van der Waals surface area contributed by atoms with Crippen LogP contribution in [0.1, 0.15) is 12.8 Å². The summed E-state index contributed by atoms with van der Waals surface area (Å²) in [5.74, 6) is 2.76. The molecule has 0 aromatic carbocycles. The predicted octanol–water partition coefficient (Wildman–Crippen LogP) is 1.04. The van der Waals surface area contributed by atoms with Crippen LogP contribution in [0, 0.1) is 18.3 Å². The molecule has 0 spiro atoms. The van der Waals surface area contributed by atoms with Crippen LogP contribution in [0.3, 0.4) is 0 Å². The highest BCUT2D eigenvalue weighted by molar-refractivity contribution is 5.79. The third-order valence-electron chi connectivity index (χ3n) is 2.06. The van der Waals surface area contributed by atoms with Gasteiger partial charge in [-0.25, -0.2) is 0 Å². The zero-order chi connectivity index (χ0) is 8.97. The Balaban J connectivity index is 2.42. The molecule has 2 nitrogen and oxygen atoms in total. The van der Waals surface area contributed by atoms with E-state index >= 15 is 0 Å². The van der Waals surface area contributed by atoms with Crippen LogP contribution in [0.25, 0.3) is 0 Å². The molecule has 0 N–H and O–H groups in total. The summed E-state index contributed by atoms with van der Waals surface area (Å²) in [6, 6.07) is 0. The highest BCUT2D eigenvalue weighted by Crippen LogP contribution is 2.19. The summed E-state index contributed by atoms with van der Waals surface area (Å²) in [6.07, 6.45) is 10.9. The number of rotatable bonds is 2. The highest BCUT2D eigenvalue weighted by Gasteiger charge is 2.21. The van der Waals surface area contributed by atoms with Gasteiger partial charge in [-0.3, -0.25) is 4.79 Å². The van der Waals surface area contributed by atoms with Crippen LogP contribution in [-0.2, 0) is 4.79 Å². The van der Waals surface area contributed by atoms with E-state index in [4.69, 9.17) is 6.42 Å². The van der Waals surface area contributed by atoms with Gasteiger partial charge in [0.25, 0.3) is 0 Å².